The molecule has 2 bridgehead atoms. The van der Waals surface area contributed by atoms with Crippen molar-refractivity contribution >= 4 is 11.8 Å². The summed E-state index contributed by atoms with van der Waals surface area (Å²) in [5, 5.41) is 0. The second-order valence-electron chi connectivity index (χ2n) is 6.82. The zero-order valence-corrected chi connectivity index (χ0v) is 14.3. The Morgan fingerprint density at radius 1 is 1.21 bits per heavy atom. The Morgan fingerprint density at radius 3 is 2.79 bits per heavy atom. The summed E-state index contributed by atoms with van der Waals surface area (Å²) in [6, 6.07) is 10.2. The van der Waals surface area contributed by atoms with Gasteiger partial charge in [-0.2, -0.15) is 0 Å². The van der Waals surface area contributed by atoms with Crippen molar-refractivity contribution in [3.8, 4) is 0 Å². The summed E-state index contributed by atoms with van der Waals surface area (Å²) < 4.78 is 5.64. The number of amides is 2. The van der Waals surface area contributed by atoms with Crippen LogP contribution in [0.2, 0.25) is 0 Å². The number of hydrogen-bond donors (Lipinski definition) is 0. The Bertz CT molecular complexity index is 575. The first-order valence-corrected chi connectivity index (χ1v) is 8.81. The van der Waals surface area contributed by atoms with Crippen LogP contribution in [0.3, 0.4) is 0 Å². The molecule has 3 saturated heterocycles. The van der Waals surface area contributed by atoms with E-state index in [1.165, 1.54) is 0 Å². The van der Waals surface area contributed by atoms with Gasteiger partial charge in [0.25, 0.3) is 0 Å². The zero-order valence-electron chi connectivity index (χ0n) is 14.3. The smallest absolute Gasteiger partial charge is 0.227 e. The van der Waals surface area contributed by atoms with Gasteiger partial charge < -0.3 is 14.5 Å². The van der Waals surface area contributed by atoms with Crippen molar-refractivity contribution < 1.29 is 14.3 Å². The van der Waals surface area contributed by atoms with Crippen molar-refractivity contribution in [1.82, 2.24) is 9.80 Å². The van der Waals surface area contributed by atoms with Crippen LogP contribution < -0.4 is 0 Å². The van der Waals surface area contributed by atoms with Crippen LogP contribution in [-0.2, 0) is 20.9 Å². The molecule has 1 aromatic carbocycles. The minimum Gasteiger partial charge on any atom is -0.377 e. The molecule has 2 atom stereocenters. The van der Waals surface area contributed by atoms with Gasteiger partial charge in [-0.3, -0.25) is 9.59 Å². The number of fused-ring (bicyclic) bond motifs is 4. The Kier molecular flexibility index (Phi) is 5.51. The zero-order chi connectivity index (χ0) is 16.9. The molecule has 0 aliphatic carbocycles. The van der Waals surface area contributed by atoms with E-state index in [1.807, 2.05) is 47.2 Å². The van der Waals surface area contributed by atoms with Crippen molar-refractivity contribution in [2.45, 2.75) is 38.3 Å². The van der Waals surface area contributed by atoms with E-state index in [0.29, 0.717) is 32.7 Å². The van der Waals surface area contributed by atoms with E-state index < -0.39 is 0 Å². The molecule has 3 aliphatic heterocycles. The topological polar surface area (TPSA) is 49.9 Å². The number of rotatable bonds is 6. The van der Waals surface area contributed by atoms with Crippen molar-refractivity contribution in [2.24, 2.45) is 5.92 Å². The highest BCUT2D eigenvalue weighted by Crippen LogP contribution is 2.28. The SMILES string of the molecule is CN1C(=O)[C@H]2CC[C@@H]1CN(C(=O)CCCOCc1ccccc1)C2. The normalized spacial score (nSPS) is 23.5. The van der Waals surface area contributed by atoms with Gasteiger partial charge in [0, 0.05) is 39.2 Å². The Labute approximate surface area is 143 Å². The van der Waals surface area contributed by atoms with Gasteiger partial charge in [-0.25, -0.2) is 0 Å². The molecule has 3 fully saturated rings. The van der Waals surface area contributed by atoms with E-state index in [2.05, 4.69) is 0 Å². The van der Waals surface area contributed by atoms with E-state index in [0.717, 1.165) is 24.8 Å². The number of ether oxygens (including phenoxy) is 1. The fourth-order valence-corrected chi connectivity index (χ4v) is 3.61. The first-order chi connectivity index (χ1) is 11.6. The molecule has 3 aliphatic rings. The molecule has 0 spiro atoms. The van der Waals surface area contributed by atoms with Crippen LogP contribution in [0.5, 0.6) is 0 Å². The minimum absolute atomic E-state index is 0.00738. The third kappa shape index (κ3) is 3.96. The second-order valence-corrected chi connectivity index (χ2v) is 6.82. The Balaban J connectivity index is 1.40. The van der Waals surface area contributed by atoms with Gasteiger partial charge in [-0.05, 0) is 24.8 Å². The minimum atomic E-state index is -0.00738. The molecule has 0 aromatic heterocycles. The molecular formula is C19H26N2O3. The van der Waals surface area contributed by atoms with Crippen LogP contribution in [0.1, 0.15) is 31.2 Å². The number of hydrogen-bond acceptors (Lipinski definition) is 3. The molecule has 130 valence electrons. The summed E-state index contributed by atoms with van der Waals surface area (Å²) >= 11 is 0. The number of likely N-dealkylation sites (N-methyl/N-ethyl adjacent to an activating group) is 1. The summed E-state index contributed by atoms with van der Waals surface area (Å²) in [4.78, 5) is 28.4. The Hall–Kier alpha value is -1.88. The molecule has 1 aromatic rings. The lowest BCUT2D eigenvalue weighted by Gasteiger charge is -2.32. The summed E-state index contributed by atoms with van der Waals surface area (Å²) in [7, 11) is 1.87. The van der Waals surface area contributed by atoms with Crippen molar-refractivity contribution in [3.63, 3.8) is 0 Å². The average Bonchev–Trinajstić information content (AvgIpc) is 2.89. The lowest BCUT2D eigenvalue weighted by atomic mass is 9.95. The Morgan fingerprint density at radius 2 is 2.00 bits per heavy atom. The highest BCUT2D eigenvalue weighted by atomic mass is 16.5. The summed E-state index contributed by atoms with van der Waals surface area (Å²) in [5.74, 6) is 0.345. The predicted molar refractivity (Wildman–Crippen MR) is 91.2 cm³/mol. The summed E-state index contributed by atoms with van der Waals surface area (Å²) in [5.41, 5.74) is 1.15. The van der Waals surface area contributed by atoms with E-state index in [1.54, 1.807) is 0 Å². The van der Waals surface area contributed by atoms with E-state index in [-0.39, 0.29) is 23.8 Å². The number of carbonyl (C=O) groups is 2. The van der Waals surface area contributed by atoms with Crippen LogP contribution in [0, 0.1) is 5.92 Å². The van der Waals surface area contributed by atoms with Gasteiger partial charge in [0.15, 0.2) is 0 Å². The van der Waals surface area contributed by atoms with Gasteiger partial charge in [-0.1, -0.05) is 30.3 Å². The molecule has 4 rings (SSSR count). The average molecular weight is 330 g/mol. The molecule has 0 unspecified atom stereocenters. The molecule has 0 N–H and O–H groups in total. The molecule has 2 amide bonds. The maximum atomic E-state index is 12.5. The van der Waals surface area contributed by atoms with Gasteiger partial charge in [-0.15, -0.1) is 0 Å². The monoisotopic (exact) mass is 330 g/mol. The van der Waals surface area contributed by atoms with Crippen molar-refractivity contribution in [1.29, 1.82) is 0 Å². The van der Waals surface area contributed by atoms with Crippen LogP contribution in [0.25, 0.3) is 0 Å². The lowest BCUT2D eigenvalue weighted by molar-refractivity contribution is -0.138. The second kappa shape index (κ2) is 7.79. The molecule has 24 heavy (non-hydrogen) atoms. The molecular weight excluding hydrogens is 304 g/mol. The third-order valence-electron chi connectivity index (χ3n) is 5.11. The maximum Gasteiger partial charge on any atom is 0.227 e. The molecule has 5 nitrogen and oxygen atoms in total. The highest BCUT2D eigenvalue weighted by Gasteiger charge is 2.39. The van der Waals surface area contributed by atoms with E-state index in [9.17, 15) is 9.59 Å². The molecule has 3 heterocycles. The number of nitrogens with zero attached hydrogens (tertiary/aromatic N) is 2. The van der Waals surface area contributed by atoms with E-state index >= 15 is 0 Å². The first-order valence-electron chi connectivity index (χ1n) is 8.81. The summed E-state index contributed by atoms with van der Waals surface area (Å²) in [6.45, 7) is 2.44. The van der Waals surface area contributed by atoms with Gasteiger partial charge in [0.05, 0.1) is 12.5 Å². The fourth-order valence-electron chi connectivity index (χ4n) is 3.61. The number of piperidine rings is 1. The summed E-state index contributed by atoms with van der Waals surface area (Å²) in [6.07, 6.45) is 3.14. The predicted octanol–water partition coefficient (Wildman–Crippen LogP) is 2.06. The van der Waals surface area contributed by atoms with Crippen molar-refractivity contribution in [2.75, 3.05) is 26.7 Å². The van der Waals surface area contributed by atoms with Crippen LogP contribution in [0.15, 0.2) is 30.3 Å². The fraction of sp³-hybridized carbons (Fsp3) is 0.579. The quantitative estimate of drug-likeness (QED) is 0.750. The highest BCUT2D eigenvalue weighted by molar-refractivity contribution is 5.83. The van der Waals surface area contributed by atoms with E-state index in [4.69, 9.17) is 4.74 Å². The maximum absolute atomic E-state index is 12.5. The van der Waals surface area contributed by atoms with Crippen LogP contribution in [-0.4, -0.2) is 54.4 Å². The first kappa shape index (κ1) is 17.0. The lowest BCUT2D eigenvalue weighted by Crippen LogP contribution is -2.45. The van der Waals surface area contributed by atoms with Crippen LogP contribution >= 0.6 is 0 Å². The van der Waals surface area contributed by atoms with Gasteiger partial charge in [0.2, 0.25) is 11.8 Å². The van der Waals surface area contributed by atoms with Crippen LogP contribution in [0.4, 0.5) is 0 Å². The molecule has 0 saturated carbocycles. The number of carbonyl (C=O) groups excluding carboxylic acids is 2. The molecule has 5 heteroatoms. The van der Waals surface area contributed by atoms with Gasteiger partial charge >= 0.3 is 0 Å². The third-order valence-corrected chi connectivity index (χ3v) is 5.11. The standard InChI is InChI=1S/C19H26N2O3/c1-20-17-10-9-16(19(20)23)12-21(13-17)18(22)8-5-11-24-14-15-6-3-2-4-7-15/h2-4,6-7,16-17H,5,8-14H2,1H3/t16-,17+/m0/s1. The largest absolute Gasteiger partial charge is 0.377 e. The van der Waals surface area contributed by atoms with Crippen molar-refractivity contribution in [3.05, 3.63) is 35.9 Å². The number of benzene rings is 1. The van der Waals surface area contributed by atoms with Gasteiger partial charge in [0.1, 0.15) is 0 Å². The molecule has 0 radical (unpaired) electrons.